The molecule has 0 spiro atoms. The molecular formula is C6H13ClFN. The summed E-state index contributed by atoms with van der Waals surface area (Å²) in [5, 5.41) is 3.17. The van der Waals surface area contributed by atoms with Gasteiger partial charge in [0.15, 0.2) is 0 Å². The number of alkyl halides is 1. The predicted molar refractivity (Wildman–Crippen MR) is 38.8 cm³/mol. The fourth-order valence-corrected chi connectivity index (χ4v) is 1.07. The number of piperidine rings is 1. The van der Waals surface area contributed by atoms with Gasteiger partial charge < -0.3 is 5.32 Å². The lowest BCUT2D eigenvalue weighted by molar-refractivity contribution is 0.230. The molecule has 1 aliphatic rings. The van der Waals surface area contributed by atoms with Gasteiger partial charge in [-0.05, 0) is 26.3 Å². The number of nitrogens with one attached hydrogen (secondary N) is 1. The molecule has 2 atom stereocenters. The van der Waals surface area contributed by atoms with Gasteiger partial charge in [0, 0.05) is 6.04 Å². The van der Waals surface area contributed by atoms with E-state index in [-0.39, 0.29) is 12.4 Å². The number of halogens is 2. The summed E-state index contributed by atoms with van der Waals surface area (Å²) in [6.07, 6.45) is 0.843. The van der Waals surface area contributed by atoms with E-state index in [1.165, 1.54) is 0 Å². The van der Waals surface area contributed by atoms with E-state index < -0.39 is 6.17 Å². The summed E-state index contributed by atoms with van der Waals surface area (Å²) in [6.45, 7) is 2.87. The van der Waals surface area contributed by atoms with Gasteiger partial charge in [0.25, 0.3) is 0 Å². The van der Waals surface area contributed by atoms with Crippen LogP contribution >= 0.6 is 12.4 Å². The second kappa shape index (κ2) is 4.07. The van der Waals surface area contributed by atoms with E-state index in [9.17, 15) is 4.39 Å². The summed E-state index contributed by atoms with van der Waals surface area (Å²) < 4.78 is 12.4. The molecule has 3 heteroatoms. The van der Waals surface area contributed by atoms with E-state index in [0.29, 0.717) is 18.9 Å². The van der Waals surface area contributed by atoms with Crippen molar-refractivity contribution >= 4 is 12.4 Å². The Morgan fingerprint density at radius 3 is 2.56 bits per heavy atom. The molecule has 1 rings (SSSR count). The molecule has 1 N–H and O–H groups in total. The van der Waals surface area contributed by atoms with Crippen molar-refractivity contribution < 1.29 is 4.39 Å². The standard InChI is InChI=1S/C6H12FN.ClH/c1-5-4-6(7)2-3-8-5;/h5-6,8H,2-4H2,1H3;1H/t5?,6-;/m0./s1. The second-order valence-electron chi connectivity index (χ2n) is 2.48. The molecule has 0 radical (unpaired) electrons. The normalized spacial score (nSPS) is 35.3. The van der Waals surface area contributed by atoms with Gasteiger partial charge >= 0.3 is 0 Å². The summed E-state index contributed by atoms with van der Waals surface area (Å²) in [5.74, 6) is 0. The first kappa shape index (κ1) is 9.18. The van der Waals surface area contributed by atoms with Crippen LogP contribution in [-0.4, -0.2) is 18.8 Å². The number of hydrogen-bond acceptors (Lipinski definition) is 1. The summed E-state index contributed by atoms with van der Waals surface area (Å²) in [7, 11) is 0. The Bertz CT molecular complexity index is 71.5. The van der Waals surface area contributed by atoms with Crippen LogP contribution in [0.3, 0.4) is 0 Å². The first-order valence-corrected chi connectivity index (χ1v) is 3.16. The third-order valence-corrected chi connectivity index (χ3v) is 1.56. The average molecular weight is 154 g/mol. The van der Waals surface area contributed by atoms with Gasteiger partial charge in [0.2, 0.25) is 0 Å². The fourth-order valence-electron chi connectivity index (χ4n) is 1.07. The Kier molecular flexibility index (Phi) is 4.15. The van der Waals surface area contributed by atoms with Crippen molar-refractivity contribution in [1.82, 2.24) is 5.32 Å². The van der Waals surface area contributed by atoms with Gasteiger partial charge in [-0.25, -0.2) is 4.39 Å². The maximum atomic E-state index is 12.4. The number of rotatable bonds is 0. The van der Waals surface area contributed by atoms with Crippen molar-refractivity contribution in [3.05, 3.63) is 0 Å². The molecule has 0 aliphatic carbocycles. The number of hydrogen-bond donors (Lipinski definition) is 1. The van der Waals surface area contributed by atoms with Crippen molar-refractivity contribution in [2.75, 3.05) is 6.54 Å². The van der Waals surface area contributed by atoms with E-state index in [2.05, 4.69) is 5.32 Å². The Morgan fingerprint density at radius 2 is 2.22 bits per heavy atom. The Morgan fingerprint density at radius 1 is 1.56 bits per heavy atom. The molecule has 0 bridgehead atoms. The van der Waals surface area contributed by atoms with Gasteiger partial charge in [0.1, 0.15) is 6.17 Å². The van der Waals surface area contributed by atoms with Gasteiger partial charge in [0.05, 0.1) is 0 Å². The van der Waals surface area contributed by atoms with Gasteiger partial charge in [-0.15, -0.1) is 12.4 Å². The Balaban J connectivity index is 0.000000640. The molecule has 0 aromatic rings. The molecule has 0 aromatic heterocycles. The summed E-state index contributed by atoms with van der Waals surface area (Å²) in [5.41, 5.74) is 0. The van der Waals surface area contributed by atoms with Crippen molar-refractivity contribution in [3.63, 3.8) is 0 Å². The zero-order chi connectivity index (χ0) is 5.98. The Labute approximate surface area is 61.4 Å². The van der Waals surface area contributed by atoms with E-state index in [4.69, 9.17) is 0 Å². The molecule has 1 fully saturated rings. The minimum Gasteiger partial charge on any atom is -0.314 e. The van der Waals surface area contributed by atoms with Crippen LogP contribution < -0.4 is 5.32 Å². The van der Waals surface area contributed by atoms with Crippen LogP contribution in [0.25, 0.3) is 0 Å². The minimum atomic E-state index is -0.550. The lowest BCUT2D eigenvalue weighted by Gasteiger charge is -2.22. The van der Waals surface area contributed by atoms with Crippen LogP contribution in [0.4, 0.5) is 4.39 Å². The molecule has 56 valence electrons. The van der Waals surface area contributed by atoms with Crippen molar-refractivity contribution in [3.8, 4) is 0 Å². The highest BCUT2D eigenvalue weighted by Crippen LogP contribution is 2.10. The van der Waals surface area contributed by atoms with Crippen molar-refractivity contribution in [1.29, 1.82) is 0 Å². The lowest BCUT2D eigenvalue weighted by Crippen LogP contribution is -2.36. The maximum absolute atomic E-state index is 12.4. The molecule has 1 nitrogen and oxygen atoms in total. The van der Waals surface area contributed by atoms with E-state index in [1.54, 1.807) is 0 Å². The summed E-state index contributed by atoms with van der Waals surface area (Å²) in [4.78, 5) is 0. The topological polar surface area (TPSA) is 12.0 Å². The molecule has 9 heavy (non-hydrogen) atoms. The van der Waals surface area contributed by atoms with Gasteiger partial charge in [-0.1, -0.05) is 0 Å². The van der Waals surface area contributed by atoms with Crippen molar-refractivity contribution in [2.45, 2.75) is 32.0 Å². The quantitative estimate of drug-likeness (QED) is 0.557. The maximum Gasteiger partial charge on any atom is 0.103 e. The highest BCUT2D eigenvalue weighted by Gasteiger charge is 2.15. The molecule has 1 heterocycles. The van der Waals surface area contributed by atoms with Crippen LogP contribution in [0, 0.1) is 0 Å². The van der Waals surface area contributed by atoms with E-state index in [1.807, 2.05) is 6.92 Å². The van der Waals surface area contributed by atoms with Gasteiger partial charge in [-0.2, -0.15) is 0 Å². The van der Waals surface area contributed by atoms with Crippen LogP contribution in [0.2, 0.25) is 0 Å². The zero-order valence-electron chi connectivity index (χ0n) is 5.56. The minimum absolute atomic E-state index is 0. The summed E-state index contributed by atoms with van der Waals surface area (Å²) in [6, 6.07) is 0.388. The van der Waals surface area contributed by atoms with Crippen LogP contribution in [0.1, 0.15) is 19.8 Å². The van der Waals surface area contributed by atoms with Crippen LogP contribution in [-0.2, 0) is 0 Å². The largest absolute Gasteiger partial charge is 0.314 e. The van der Waals surface area contributed by atoms with Crippen molar-refractivity contribution in [2.24, 2.45) is 0 Å². The molecular weight excluding hydrogens is 141 g/mol. The average Bonchev–Trinajstić information content (AvgIpc) is 1.64. The SMILES string of the molecule is CC1C[C@@H](F)CCN1.Cl. The fraction of sp³-hybridized carbons (Fsp3) is 1.00. The van der Waals surface area contributed by atoms with E-state index in [0.717, 1.165) is 6.54 Å². The molecule has 1 unspecified atom stereocenters. The molecule has 0 aromatic carbocycles. The lowest BCUT2D eigenvalue weighted by atomic mass is 10.1. The second-order valence-corrected chi connectivity index (χ2v) is 2.48. The zero-order valence-corrected chi connectivity index (χ0v) is 6.38. The smallest absolute Gasteiger partial charge is 0.103 e. The first-order valence-electron chi connectivity index (χ1n) is 3.16. The monoisotopic (exact) mass is 153 g/mol. The first-order chi connectivity index (χ1) is 3.79. The third kappa shape index (κ3) is 3.01. The van der Waals surface area contributed by atoms with E-state index >= 15 is 0 Å². The Hall–Kier alpha value is 0.180. The van der Waals surface area contributed by atoms with Gasteiger partial charge in [-0.3, -0.25) is 0 Å². The molecule has 0 saturated carbocycles. The molecule has 0 amide bonds. The molecule has 1 aliphatic heterocycles. The van der Waals surface area contributed by atoms with Crippen LogP contribution in [0.15, 0.2) is 0 Å². The predicted octanol–water partition coefficient (Wildman–Crippen LogP) is 1.52. The highest BCUT2D eigenvalue weighted by molar-refractivity contribution is 5.85. The highest BCUT2D eigenvalue weighted by atomic mass is 35.5. The molecule has 1 saturated heterocycles. The summed E-state index contributed by atoms with van der Waals surface area (Å²) >= 11 is 0. The van der Waals surface area contributed by atoms with Crippen LogP contribution in [0.5, 0.6) is 0 Å². The third-order valence-electron chi connectivity index (χ3n) is 1.56.